The summed E-state index contributed by atoms with van der Waals surface area (Å²) in [5.74, 6) is -0.990. The maximum atomic E-state index is 13.8. The van der Waals surface area contributed by atoms with Crippen molar-refractivity contribution in [3.8, 4) is 0 Å². The molecule has 2 saturated heterocycles. The summed E-state index contributed by atoms with van der Waals surface area (Å²) in [6.07, 6.45) is -14.6. The first-order valence-electron chi connectivity index (χ1n) is 23.3. The van der Waals surface area contributed by atoms with Gasteiger partial charge in [-0.1, -0.05) is 0 Å². The van der Waals surface area contributed by atoms with E-state index in [4.69, 9.17) is 43.6 Å². The number of rotatable bonds is 13. The third kappa shape index (κ3) is 16.1. The summed E-state index contributed by atoms with van der Waals surface area (Å²) in [4.78, 5) is 67.1. The molecule has 4 rings (SSSR count). The van der Waals surface area contributed by atoms with Crippen LogP contribution in [-0.2, 0) is 42.7 Å². The van der Waals surface area contributed by atoms with E-state index in [1.54, 1.807) is 83.1 Å². The summed E-state index contributed by atoms with van der Waals surface area (Å²) in [6, 6.07) is -4.77. The van der Waals surface area contributed by atoms with Crippen molar-refractivity contribution in [3.05, 3.63) is 0 Å². The molecule has 0 aromatic rings. The zero-order valence-corrected chi connectivity index (χ0v) is 42.2. The molecule has 2 aliphatic heterocycles. The monoisotopic (exact) mass is 977 g/mol. The van der Waals surface area contributed by atoms with Crippen molar-refractivity contribution in [2.45, 2.75) is 217 Å². The molecule has 68 heavy (non-hydrogen) atoms. The normalized spacial score (nSPS) is 33.6. The fraction of sp³-hybridized carbons (Fsp3) is 0.889. The molecule has 4 fully saturated rings. The molecule has 2 saturated carbocycles. The average molecular weight is 977 g/mol. The van der Waals surface area contributed by atoms with Gasteiger partial charge in [-0.3, -0.25) is 4.79 Å². The standard InChI is InChI=1S/C45H80N6O17/c1-41(2,3)65-37(56)47-16-15-27(52)34(55)48-24-19-25(49-38(57)66-42(4,5)6)32(63-35-26(50-39(58)67-43(7,8)9)18-22-17-23(20-46)30(22)62-35)28(53)31(24)64-36-29(54)33(45(13,60)21-61-36)51(14)40(59)68-44(10,11)12/h22-33,35-36,52-54,60H,15-21,46H2,1-14H3,(H,47,56)(H,48,55)(H,49,57)(H,50,58)/t22?,23?,24?,25?,26?,27?,28?,29?,30-,31?,32?,33?,35?,36?,45?/m0/s1. The SMILES string of the molecule is CN(C(=O)OC(C)(C)C)C1C(O)C(OC2C(NC(=O)C(O)CCNC(=O)OC(C)(C)C)CC(NC(=O)OC(C)(C)C)C(OC3O[C@@H]4C(CN)CC4CC3NC(=O)OC(C)(C)C)C2O)OCC1(C)O. The maximum absolute atomic E-state index is 13.8. The van der Waals surface area contributed by atoms with Crippen LogP contribution in [0.5, 0.6) is 0 Å². The van der Waals surface area contributed by atoms with E-state index in [-0.39, 0.29) is 37.3 Å². The third-order valence-corrected chi connectivity index (χ3v) is 11.6. The summed E-state index contributed by atoms with van der Waals surface area (Å²) >= 11 is 0. The molecule has 23 heteroatoms. The van der Waals surface area contributed by atoms with E-state index in [0.29, 0.717) is 13.0 Å². The van der Waals surface area contributed by atoms with E-state index < -0.39 is 132 Å². The number of alkyl carbamates (subject to hydrolysis) is 3. The van der Waals surface area contributed by atoms with Gasteiger partial charge in [-0.2, -0.15) is 0 Å². The summed E-state index contributed by atoms with van der Waals surface area (Å²) in [5.41, 5.74) is 0.639. The number of nitrogens with zero attached hydrogens (tertiary/aromatic N) is 1. The van der Waals surface area contributed by atoms with E-state index in [0.717, 1.165) is 11.3 Å². The van der Waals surface area contributed by atoms with Crippen LogP contribution < -0.4 is 27.0 Å². The van der Waals surface area contributed by atoms with Crippen LogP contribution in [-0.4, -0.2) is 184 Å². The Balaban J connectivity index is 1.73. The molecule has 0 spiro atoms. The second kappa shape index (κ2) is 22.1. The van der Waals surface area contributed by atoms with Crippen molar-refractivity contribution < 1.29 is 82.3 Å². The van der Waals surface area contributed by atoms with Gasteiger partial charge in [0, 0.05) is 13.6 Å². The number of aliphatic hydroxyl groups is 4. The molecule has 15 atom stereocenters. The molecule has 4 aliphatic rings. The highest BCUT2D eigenvalue weighted by molar-refractivity contribution is 5.81. The number of carbonyl (C=O) groups excluding carboxylic acids is 5. The van der Waals surface area contributed by atoms with Crippen LogP contribution in [0.15, 0.2) is 0 Å². The maximum Gasteiger partial charge on any atom is 0.410 e. The zero-order valence-electron chi connectivity index (χ0n) is 42.2. The first kappa shape index (κ1) is 56.8. The highest BCUT2D eigenvalue weighted by Gasteiger charge is 2.56. The Morgan fingerprint density at radius 3 is 1.75 bits per heavy atom. The van der Waals surface area contributed by atoms with Gasteiger partial charge < -0.3 is 90.2 Å². The summed E-state index contributed by atoms with van der Waals surface area (Å²) in [5, 5.41) is 57.7. The lowest BCUT2D eigenvalue weighted by Crippen LogP contribution is -2.71. The van der Waals surface area contributed by atoms with Gasteiger partial charge in [0.25, 0.3) is 0 Å². The molecule has 23 nitrogen and oxygen atoms in total. The molecule has 392 valence electrons. The van der Waals surface area contributed by atoms with Crippen molar-refractivity contribution in [1.29, 1.82) is 0 Å². The average Bonchev–Trinajstić information content (AvgIpc) is 3.14. The van der Waals surface area contributed by atoms with Gasteiger partial charge in [-0.15, -0.1) is 0 Å². The molecule has 2 aliphatic carbocycles. The van der Waals surface area contributed by atoms with Gasteiger partial charge in [0.05, 0.1) is 36.9 Å². The van der Waals surface area contributed by atoms with Crippen molar-refractivity contribution in [3.63, 3.8) is 0 Å². The van der Waals surface area contributed by atoms with Crippen molar-refractivity contribution in [2.75, 3.05) is 26.7 Å². The van der Waals surface area contributed by atoms with Crippen LogP contribution >= 0.6 is 0 Å². The minimum atomic E-state index is -1.86. The topological polar surface area (TPSA) is 317 Å². The van der Waals surface area contributed by atoms with Gasteiger partial charge >= 0.3 is 24.4 Å². The number of carbonyl (C=O) groups is 5. The van der Waals surface area contributed by atoms with E-state index in [2.05, 4.69) is 21.3 Å². The number of aliphatic hydroxyl groups excluding tert-OH is 3. The molecule has 0 bridgehead atoms. The molecule has 0 aromatic carbocycles. The largest absolute Gasteiger partial charge is 0.444 e. The fourth-order valence-corrected chi connectivity index (χ4v) is 8.74. The number of fused-ring (bicyclic) bond motifs is 1. The number of hydrogen-bond acceptors (Lipinski definition) is 18. The minimum absolute atomic E-state index is 0.00523. The van der Waals surface area contributed by atoms with Crippen LogP contribution in [0, 0.1) is 11.8 Å². The van der Waals surface area contributed by atoms with Crippen LogP contribution in [0.2, 0.25) is 0 Å². The predicted octanol–water partition coefficient (Wildman–Crippen LogP) is 1.48. The number of amides is 5. The van der Waals surface area contributed by atoms with Crippen LogP contribution in [0.3, 0.4) is 0 Å². The molecule has 2 heterocycles. The molecule has 14 unspecified atom stereocenters. The number of likely N-dealkylation sites (N-methyl/N-ethyl adjacent to an activating group) is 1. The number of nitrogens with one attached hydrogen (secondary N) is 4. The van der Waals surface area contributed by atoms with Crippen LogP contribution in [0.4, 0.5) is 19.2 Å². The summed E-state index contributed by atoms with van der Waals surface area (Å²) < 4.78 is 47.3. The second-order valence-corrected chi connectivity index (χ2v) is 22.5. The Morgan fingerprint density at radius 1 is 0.721 bits per heavy atom. The number of hydrogen-bond donors (Lipinski definition) is 9. The first-order chi connectivity index (χ1) is 31.1. The Labute approximate surface area is 399 Å². The lowest BCUT2D eigenvalue weighted by atomic mass is 9.67. The van der Waals surface area contributed by atoms with Gasteiger partial charge in [0.15, 0.2) is 12.6 Å². The molecule has 5 amide bonds. The first-order valence-corrected chi connectivity index (χ1v) is 23.3. The Morgan fingerprint density at radius 2 is 1.22 bits per heavy atom. The Hall–Kier alpha value is -3.81. The second-order valence-electron chi connectivity index (χ2n) is 22.5. The van der Waals surface area contributed by atoms with Crippen molar-refractivity contribution >= 4 is 30.3 Å². The lowest BCUT2D eigenvalue weighted by Gasteiger charge is -2.54. The fourth-order valence-electron chi connectivity index (χ4n) is 8.74. The molecule has 0 aromatic heterocycles. The third-order valence-electron chi connectivity index (χ3n) is 11.6. The van der Waals surface area contributed by atoms with E-state index in [1.807, 2.05) is 0 Å². The molecule has 0 radical (unpaired) electrons. The number of ether oxygens (including phenoxy) is 8. The molecular weight excluding hydrogens is 897 g/mol. The quantitative estimate of drug-likeness (QED) is 0.118. The van der Waals surface area contributed by atoms with Crippen molar-refractivity contribution in [2.24, 2.45) is 17.6 Å². The van der Waals surface area contributed by atoms with Crippen LogP contribution in [0.25, 0.3) is 0 Å². The molecule has 10 N–H and O–H groups in total. The Kier molecular flexibility index (Phi) is 18.4. The summed E-state index contributed by atoms with van der Waals surface area (Å²) in [7, 11) is 1.32. The van der Waals surface area contributed by atoms with E-state index in [1.165, 1.54) is 14.0 Å². The minimum Gasteiger partial charge on any atom is -0.444 e. The highest BCUT2D eigenvalue weighted by atomic mass is 16.7. The van der Waals surface area contributed by atoms with E-state index in [9.17, 15) is 44.4 Å². The number of nitrogens with two attached hydrogens (primary N) is 1. The van der Waals surface area contributed by atoms with Gasteiger partial charge in [0.1, 0.15) is 58.5 Å². The summed E-state index contributed by atoms with van der Waals surface area (Å²) in [6.45, 7) is 21.0. The lowest BCUT2D eigenvalue weighted by molar-refractivity contribution is -0.321. The van der Waals surface area contributed by atoms with Gasteiger partial charge in [0.2, 0.25) is 5.91 Å². The van der Waals surface area contributed by atoms with E-state index >= 15 is 0 Å². The van der Waals surface area contributed by atoms with Crippen molar-refractivity contribution in [1.82, 2.24) is 26.2 Å². The zero-order chi connectivity index (χ0) is 51.5. The highest BCUT2D eigenvalue weighted by Crippen LogP contribution is 2.45. The smallest absolute Gasteiger partial charge is 0.410 e. The van der Waals surface area contributed by atoms with Gasteiger partial charge in [-0.05, 0) is 134 Å². The molecular formula is C45H80N6O17. The van der Waals surface area contributed by atoms with Crippen LogP contribution in [0.1, 0.15) is 116 Å². The van der Waals surface area contributed by atoms with Gasteiger partial charge in [-0.25, -0.2) is 19.2 Å². The predicted molar refractivity (Wildman–Crippen MR) is 242 cm³/mol. The Bertz CT molecular complexity index is 1740.